The number of amides is 3. The number of likely N-dealkylation sites (tertiary alicyclic amines) is 1. The van der Waals surface area contributed by atoms with E-state index in [2.05, 4.69) is 20.5 Å². The van der Waals surface area contributed by atoms with E-state index in [-0.39, 0.29) is 24.1 Å². The van der Waals surface area contributed by atoms with E-state index >= 15 is 0 Å². The second-order valence-electron chi connectivity index (χ2n) is 7.86. The van der Waals surface area contributed by atoms with Gasteiger partial charge in [-0.25, -0.2) is 0 Å². The molecule has 0 bridgehead atoms. The zero-order valence-corrected chi connectivity index (χ0v) is 19.2. The van der Waals surface area contributed by atoms with Crippen molar-refractivity contribution in [2.45, 2.75) is 31.1 Å². The minimum atomic E-state index is -0.486. The van der Waals surface area contributed by atoms with Gasteiger partial charge in [0.25, 0.3) is 11.8 Å². The van der Waals surface area contributed by atoms with Gasteiger partial charge < -0.3 is 20.3 Å². The highest BCUT2D eigenvalue weighted by atomic mass is 32.2. The highest BCUT2D eigenvalue weighted by Gasteiger charge is 2.33. The molecule has 0 unspecified atom stereocenters. The SMILES string of the molecule is COc1ccccc1CNC(=O)c1ccc(NC(=O)C[C@@H]2SC(N3CCCC3)=NC2=O)cc1. The number of nitrogens with one attached hydrogen (secondary N) is 2. The predicted octanol–water partition coefficient (Wildman–Crippen LogP) is 3.05. The molecule has 0 radical (unpaired) electrons. The maximum atomic E-state index is 12.5. The van der Waals surface area contributed by atoms with Gasteiger partial charge in [0.1, 0.15) is 11.0 Å². The van der Waals surface area contributed by atoms with Gasteiger partial charge >= 0.3 is 0 Å². The molecule has 2 N–H and O–H groups in total. The van der Waals surface area contributed by atoms with Gasteiger partial charge in [0.05, 0.1) is 7.11 Å². The molecule has 2 heterocycles. The summed E-state index contributed by atoms with van der Waals surface area (Å²) in [7, 11) is 1.59. The summed E-state index contributed by atoms with van der Waals surface area (Å²) in [6.45, 7) is 2.17. The number of para-hydroxylation sites is 1. The molecule has 4 rings (SSSR count). The van der Waals surface area contributed by atoms with Crippen LogP contribution in [0.25, 0.3) is 0 Å². The minimum Gasteiger partial charge on any atom is -0.496 e. The van der Waals surface area contributed by atoms with Crippen LogP contribution in [-0.2, 0) is 16.1 Å². The standard InChI is InChI=1S/C24H26N4O4S/c1-32-19-7-3-2-6-17(19)15-25-22(30)16-8-10-18(11-9-16)26-21(29)14-20-23(31)27-24(33-20)28-12-4-5-13-28/h2-3,6-11,20H,4-5,12-15H2,1H3,(H,25,30)(H,26,29)/t20-/m0/s1. The molecule has 1 fully saturated rings. The number of nitrogens with zero attached hydrogens (tertiary/aromatic N) is 2. The second-order valence-corrected chi connectivity index (χ2v) is 9.03. The maximum absolute atomic E-state index is 12.5. The number of carbonyl (C=O) groups excluding carboxylic acids is 3. The second kappa shape index (κ2) is 10.5. The summed E-state index contributed by atoms with van der Waals surface area (Å²) in [5.74, 6) is -0.0164. The van der Waals surface area contributed by atoms with E-state index in [9.17, 15) is 14.4 Å². The van der Waals surface area contributed by atoms with Crippen molar-refractivity contribution in [3.8, 4) is 5.75 Å². The van der Waals surface area contributed by atoms with Crippen LogP contribution in [-0.4, -0.2) is 53.2 Å². The fraction of sp³-hybridized carbons (Fsp3) is 0.333. The molecule has 2 aliphatic heterocycles. The van der Waals surface area contributed by atoms with Crippen molar-refractivity contribution in [1.29, 1.82) is 0 Å². The molecule has 0 aromatic heterocycles. The summed E-state index contributed by atoms with van der Waals surface area (Å²) in [6.07, 6.45) is 2.27. The van der Waals surface area contributed by atoms with Crippen molar-refractivity contribution in [2.75, 3.05) is 25.5 Å². The number of carbonyl (C=O) groups is 3. The number of rotatable bonds is 7. The fourth-order valence-corrected chi connectivity index (χ4v) is 4.88. The van der Waals surface area contributed by atoms with Crippen molar-refractivity contribution in [3.63, 3.8) is 0 Å². The third-order valence-corrected chi connectivity index (χ3v) is 6.75. The lowest BCUT2D eigenvalue weighted by atomic mass is 10.1. The van der Waals surface area contributed by atoms with Crippen molar-refractivity contribution in [3.05, 3.63) is 59.7 Å². The first-order valence-corrected chi connectivity index (χ1v) is 11.8. The Morgan fingerprint density at radius 2 is 1.85 bits per heavy atom. The first kappa shape index (κ1) is 22.8. The van der Waals surface area contributed by atoms with Crippen molar-refractivity contribution in [2.24, 2.45) is 4.99 Å². The molecule has 2 aliphatic rings. The van der Waals surface area contributed by atoms with E-state index in [4.69, 9.17) is 4.74 Å². The smallest absolute Gasteiger partial charge is 0.262 e. The van der Waals surface area contributed by atoms with Crippen molar-refractivity contribution in [1.82, 2.24) is 10.2 Å². The first-order valence-electron chi connectivity index (χ1n) is 10.9. The van der Waals surface area contributed by atoms with Crippen LogP contribution in [0.1, 0.15) is 35.2 Å². The Kier molecular flexibility index (Phi) is 7.29. The quantitative estimate of drug-likeness (QED) is 0.651. The Hall–Kier alpha value is -3.33. The number of amidine groups is 1. The lowest BCUT2D eigenvalue weighted by Crippen LogP contribution is -2.25. The zero-order valence-electron chi connectivity index (χ0n) is 18.4. The number of hydrogen-bond donors (Lipinski definition) is 2. The molecule has 0 saturated carbocycles. The van der Waals surface area contributed by atoms with Crippen LogP contribution >= 0.6 is 11.8 Å². The number of thioether (sulfide) groups is 1. The Labute approximate surface area is 196 Å². The molecule has 172 valence electrons. The maximum Gasteiger partial charge on any atom is 0.262 e. The largest absolute Gasteiger partial charge is 0.496 e. The summed E-state index contributed by atoms with van der Waals surface area (Å²) in [5, 5.41) is 5.91. The van der Waals surface area contributed by atoms with Gasteiger partial charge in [-0.15, -0.1) is 0 Å². The van der Waals surface area contributed by atoms with Crippen LogP contribution in [0.4, 0.5) is 5.69 Å². The minimum absolute atomic E-state index is 0.0610. The third kappa shape index (κ3) is 5.73. The molecule has 9 heteroatoms. The average molecular weight is 467 g/mol. The third-order valence-electron chi connectivity index (χ3n) is 5.54. The number of hydrogen-bond acceptors (Lipinski definition) is 6. The van der Waals surface area contributed by atoms with Crippen molar-refractivity contribution >= 4 is 40.3 Å². The van der Waals surface area contributed by atoms with Gasteiger partial charge in [0.15, 0.2) is 5.17 Å². The summed E-state index contributed by atoms with van der Waals surface area (Å²) in [4.78, 5) is 43.3. The van der Waals surface area contributed by atoms with Gasteiger partial charge in [-0.2, -0.15) is 4.99 Å². The Balaban J connectivity index is 1.26. The van der Waals surface area contributed by atoms with Crippen molar-refractivity contribution < 1.29 is 19.1 Å². The topological polar surface area (TPSA) is 100 Å². The zero-order chi connectivity index (χ0) is 23.2. The highest BCUT2D eigenvalue weighted by molar-refractivity contribution is 8.15. The Morgan fingerprint density at radius 3 is 2.58 bits per heavy atom. The lowest BCUT2D eigenvalue weighted by Gasteiger charge is -2.16. The van der Waals surface area contributed by atoms with E-state index < -0.39 is 5.25 Å². The number of aliphatic imine (C=N–C) groups is 1. The number of methoxy groups -OCH3 is 1. The molecule has 0 aliphatic carbocycles. The van der Waals surface area contributed by atoms with Crippen LogP contribution < -0.4 is 15.4 Å². The Morgan fingerprint density at radius 1 is 1.12 bits per heavy atom. The molecule has 1 saturated heterocycles. The molecule has 2 aromatic carbocycles. The van der Waals surface area contributed by atoms with E-state index in [0.717, 1.165) is 36.7 Å². The fourth-order valence-electron chi connectivity index (χ4n) is 3.76. The van der Waals surface area contributed by atoms with E-state index in [0.29, 0.717) is 23.5 Å². The highest BCUT2D eigenvalue weighted by Crippen LogP contribution is 2.29. The van der Waals surface area contributed by atoms with Gasteiger partial charge in [-0.05, 0) is 43.2 Å². The van der Waals surface area contributed by atoms with Gasteiger partial charge in [0, 0.05) is 42.9 Å². The number of anilines is 1. The summed E-state index contributed by atoms with van der Waals surface area (Å²) in [5.41, 5.74) is 1.93. The molecule has 3 amide bonds. The first-order chi connectivity index (χ1) is 16.0. The molecular formula is C24H26N4O4S. The lowest BCUT2D eigenvalue weighted by molar-refractivity contribution is -0.121. The van der Waals surface area contributed by atoms with Crippen LogP contribution in [0.2, 0.25) is 0 Å². The van der Waals surface area contributed by atoms with Crippen LogP contribution in [0, 0.1) is 0 Å². The van der Waals surface area contributed by atoms with Gasteiger partial charge in [0.2, 0.25) is 5.91 Å². The van der Waals surface area contributed by atoms with E-state index in [1.165, 1.54) is 11.8 Å². The number of benzene rings is 2. The van der Waals surface area contributed by atoms with Gasteiger partial charge in [-0.3, -0.25) is 14.4 Å². The monoisotopic (exact) mass is 466 g/mol. The molecule has 2 aromatic rings. The molecule has 1 atom stereocenters. The van der Waals surface area contributed by atoms with Crippen LogP contribution in [0.15, 0.2) is 53.5 Å². The average Bonchev–Trinajstić information content (AvgIpc) is 3.48. The molecule has 8 nitrogen and oxygen atoms in total. The summed E-state index contributed by atoms with van der Waals surface area (Å²) >= 11 is 1.37. The summed E-state index contributed by atoms with van der Waals surface area (Å²) < 4.78 is 5.30. The van der Waals surface area contributed by atoms with Crippen LogP contribution in [0.3, 0.4) is 0 Å². The summed E-state index contributed by atoms with van der Waals surface area (Å²) in [6, 6.07) is 14.1. The van der Waals surface area contributed by atoms with Crippen LogP contribution in [0.5, 0.6) is 5.75 Å². The molecule has 33 heavy (non-hydrogen) atoms. The van der Waals surface area contributed by atoms with E-state index in [1.807, 2.05) is 24.3 Å². The predicted molar refractivity (Wildman–Crippen MR) is 128 cm³/mol. The molecular weight excluding hydrogens is 440 g/mol. The molecule has 0 spiro atoms. The normalized spacial score (nSPS) is 17.6. The number of ether oxygens (including phenoxy) is 1. The van der Waals surface area contributed by atoms with E-state index in [1.54, 1.807) is 31.4 Å². The Bertz CT molecular complexity index is 1060. The van der Waals surface area contributed by atoms with Gasteiger partial charge in [-0.1, -0.05) is 30.0 Å².